The summed E-state index contributed by atoms with van der Waals surface area (Å²) in [4.78, 5) is 3.02. The number of fused-ring (bicyclic) bond motifs is 1. The van der Waals surface area contributed by atoms with Crippen LogP contribution in [0.15, 0.2) is 29.6 Å². The summed E-state index contributed by atoms with van der Waals surface area (Å²) in [5.74, 6) is 0.728. The molecule has 15 heavy (non-hydrogen) atoms. The molecule has 0 saturated carbocycles. The standard InChI is InChI=1S/C10H9ClN2O2/c1-15-6-2-3-9-7(4-6)8(5-12-9)10(11)13-14/h2-5,12,14H,1H3/b13-10-. The minimum atomic E-state index is 0.0505. The van der Waals surface area contributed by atoms with E-state index in [2.05, 4.69) is 10.1 Å². The first-order valence-electron chi connectivity index (χ1n) is 4.29. The Labute approximate surface area is 91.1 Å². The van der Waals surface area contributed by atoms with E-state index in [4.69, 9.17) is 21.5 Å². The van der Waals surface area contributed by atoms with Crippen molar-refractivity contribution in [2.75, 3.05) is 7.11 Å². The molecule has 0 fully saturated rings. The zero-order valence-electron chi connectivity index (χ0n) is 7.99. The first-order valence-corrected chi connectivity index (χ1v) is 4.67. The van der Waals surface area contributed by atoms with Gasteiger partial charge in [0.1, 0.15) is 5.75 Å². The number of H-pyrrole nitrogens is 1. The first kappa shape index (κ1) is 9.86. The van der Waals surface area contributed by atoms with Crippen molar-refractivity contribution in [1.29, 1.82) is 0 Å². The molecule has 0 bridgehead atoms. The molecule has 0 radical (unpaired) electrons. The Hall–Kier alpha value is -1.68. The topological polar surface area (TPSA) is 57.6 Å². The lowest BCUT2D eigenvalue weighted by atomic mass is 10.2. The van der Waals surface area contributed by atoms with Gasteiger partial charge in [0.15, 0.2) is 5.17 Å². The summed E-state index contributed by atoms with van der Waals surface area (Å²) in [7, 11) is 1.59. The zero-order valence-corrected chi connectivity index (χ0v) is 8.75. The van der Waals surface area contributed by atoms with Crippen LogP contribution in [0.3, 0.4) is 0 Å². The van der Waals surface area contributed by atoms with Crippen molar-refractivity contribution in [3.8, 4) is 5.75 Å². The summed E-state index contributed by atoms with van der Waals surface area (Å²) < 4.78 is 5.10. The number of aromatic amines is 1. The first-order chi connectivity index (χ1) is 7.26. The number of methoxy groups -OCH3 is 1. The number of oxime groups is 1. The van der Waals surface area contributed by atoms with Gasteiger partial charge in [-0.15, -0.1) is 0 Å². The molecule has 2 aromatic rings. The lowest BCUT2D eigenvalue weighted by Crippen LogP contribution is -1.89. The summed E-state index contributed by atoms with van der Waals surface area (Å²) in [6.45, 7) is 0. The second-order valence-corrected chi connectivity index (χ2v) is 3.36. The third-order valence-corrected chi connectivity index (χ3v) is 2.48. The van der Waals surface area contributed by atoms with E-state index in [0.29, 0.717) is 5.56 Å². The van der Waals surface area contributed by atoms with Crippen LogP contribution >= 0.6 is 11.6 Å². The predicted molar refractivity (Wildman–Crippen MR) is 59.0 cm³/mol. The fourth-order valence-corrected chi connectivity index (χ4v) is 1.61. The molecule has 0 spiro atoms. The average molecular weight is 225 g/mol. The van der Waals surface area contributed by atoms with Crippen molar-refractivity contribution < 1.29 is 9.94 Å². The summed E-state index contributed by atoms with van der Waals surface area (Å²) in [6.07, 6.45) is 1.69. The quantitative estimate of drug-likeness (QED) is 0.468. The number of rotatable bonds is 2. The van der Waals surface area contributed by atoms with Crippen molar-refractivity contribution in [2.45, 2.75) is 0 Å². The molecule has 2 N–H and O–H groups in total. The van der Waals surface area contributed by atoms with Gasteiger partial charge in [0.05, 0.1) is 7.11 Å². The number of nitrogens with zero attached hydrogens (tertiary/aromatic N) is 1. The molecule has 2 rings (SSSR count). The average Bonchev–Trinajstić information content (AvgIpc) is 2.70. The van der Waals surface area contributed by atoms with Gasteiger partial charge in [-0.2, -0.15) is 0 Å². The van der Waals surface area contributed by atoms with Gasteiger partial charge < -0.3 is 14.9 Å². The second kappa shape index (κ2) is 3.82. The summed E-state index contributed by atoms with van der Waals surface area (Å²) in [6, 6.07) is 5.54. The molecule has 0 unspecified atom stereocenters. The number of nitrogens with one attached hydrogen (secondary N) is 1. The lowest BCUT2D eigenvalue weighted by molar-refractivity contribution is 0.321. The highest BCUT2D eigenvalue weighted by atomic mass is 35.5. The van der Waals surface area contributed by atoms with Crippen LogP contribution < -0.4 is 4.74 Å². The zero-order chi connectivity index (χ0) is 10.8. The van der Waals surface area contributed by atoms with Gasteiger partial charge in [-0.05, 0) is 18.2 Å². The highest BCUT2D eigenvalue weighted by Gasteiger charge is 2.09. The SMILES string of the molecule is COc1ccc2[nH]cc(/C(Cl)=N/O)c2c1. The number of benzene rings is 1. The van der Waals surface area contributed by atoms with Gasteiger partial charge in [-0.1, -0.05) is 16.8 Å². The Morgan fingerprint density at radius 2 is 2.33 bits per heavy atom. The fraction of sp³-hybridized carbons (Fsp3) is 0.100. The van der Waals surface area contributed by atoms with Crippen molar-refractivity contribution >= 4 is 27.7 Å². The van der Waals surface area contributed by atoms with E-state index < -0.39 is 0 Å². The van der Waals surface area contributed by atoms with E-state index in [1.54, 1.807) is 13.3 Å². The van der Waals surface area contributed by atoms with Crippen molar-refractivity contribution in [3.05, 3.63) is 30.0 Å². The van der Waals surface area contributed by atoms with E-state index in [0.717, 1.165) is 16.7 Å². The lowest BCUT2D eigenvalue weighted by Gasteiger charge is -1.99. The van der Waals surface area contributed by atoms with Gasteiger partial charge in [0.25, 0.3) is 0 Å². The number of halogens is 1. The van der Waals surface area contributed by atoms with Crippen LogP contribution in [0.2, 0.25) is 0 Å². The van der Waals surface area contributed by atoms with E-state index in [1.165, 1.54) is 0 Å². The van der Waals surface area contributed by atoms with Gasteiger partial charge in [-0.25, -0.2) is 0 Å². The van der Waals surface area contributed by atoms with Gasteiger partial charge in [0, 0.05) is 22.7 Å². The van der Waals surface area contributed by atoms with E-state index >= 15 is 0 Å². The predicted octanol–water partition coefficient (Wildman–Crippen LogP) is 2.55. The molecule has 0 aliphatic carbocycles. The molecule has 0 atom stereocenters. The maximum absolute atomic E-state index is 8.60. The highest BCUT2D eigenvalue weighted by Crippen LogP contribution is 2.24. The highest BCUT2D eigenvalue weighted by molar-refractivity contribution is 6.70. The molecule has 1 aromatic heterocycles. The third-order valence-electron chi connectivity index (χ3n) is 2.20. The molecule has 1 heterocycles. The Balaban J connectivity index is 2.66. The summed E-state index contributed by atoms with van der Waals surface area (Å²) in [5, 5.41) is 12.5. The third kappa shape index (κ3) is 1.64. The molecule has 0 saturated heterocycles. The maximum atomic E-state index is 8.60. The normalized spacial score (nSPS) is 12.0. The molecule has 0 aliphatic rings. The Morgan fingerprint density at radius 3 is 3.00 bits per heavy atom. The van der Waals surface area contributed by atoms with Crippen molar-refractivity contribution in [3.63, 3.8) is 0 Å². The molecular formula is C10H9ClN2O2. The number of hydrogen-bond donors (Lipinski definition) is 2. The summed E-state index contributed by atoms with van der Waals surface area (Å²) >= 11 is 5.75. The van der Waals surface area contributed by atoms with Crippen LogP contribution in [0.25, 0.3) is 10.9 Å². The maximum Gasteiger partial charge on any atom is 0.177 e. The molecule has 1 aromatic carbocycles. The Kier molecular flexibility index (Phi) is 2.51. The number of ether oxygens (including phenoxy) is 1. The number of hydrogen-bond acceptors (Lipinski definition) is 3. The van der Waals surface area contributed by atoms with Crippen molar-refractivity contribution in [2.24, 2.45) is 5.16 Å². The van der Waals surface area contributed by atoms with Gasteiger partial charge in [0.2, 0.25) is 0 Å². The summed E-state index contributed by atoms with van der Waals surface area (Å²) in [5.41, 5.74) is 1.56. The van der Waals surface area contributed by atoms with E-state index in [1.807, 2.05) is 18.2 Å². The van der Waals surface area contributed by atoms with Gasteiger partial charge in [-0.3, -0.25) is 0 Å². The minimum absolute atomic E-state index is 0.0505. The monoisotopic (exact) mass is 224 g/mol. The van der Waals surface area contributed by atoms with Gasteiger partial charge >= 0.3 is 0 Å². The minimum Gasteiger partial charge on any atom is -0.497 e. The smallest absolute Gasteiger partial charge is 0.177 e. The fourth-order valence-electron chi connectivity index (χ4n) is 1.45. The molecule has 78 valence electrons. The van der Waals surface area contributed by atoms with Crippen LogP contribution in [-0.2, 0) is 0 Å². The van der Waals surface area contributed by atoms with Crippen LogP contribution in [0.4, 0.5) is 0 Å². The Bertz CT molecular complexity index is 519. The second-order valence-electron chi connectivity index (χ2n) is 3.00. The molecule has 4 nitrogen and oxygen atoms in total. The van der Waals surface area contributed by atoms with Crippen LogP contribution in [0.5, 0.6) is 5.75 Å². The van der Waals surface area contributed by atoms with Crippen LogP contribution in [0, 0.1) is 0 Å². The van der Waals surface area contributed by atoms with Crippen LogP contribution in [0.1, 0.15) is 5.56 Å². The molecule has 5 heteroatoms. The molecular weight excluding hydrogens is 216 g/mol. The molecule has 0 aliphatic heterocycles. The van der Waals surface area contributed by atoms with Crippen molar-refractivity contribution in [1.82, 2.24) is 4.98 Å². The Morgan fingerprint density at radius 1 is 1.53 bits per heavy atom. The molecule has 0 amide bonds. The van der Waals surface area contributed by atoms with E-state index in [-0.39, 0.29) is 5.17 Å². The van der Waals surface area contributed by atoms with Crippen LogP contribution in [-0.4, -0.2) is 22.5 Å². The van der Waals surface area contributed by atoms with E-state index in [9.17, 15) is 0 Å². The number of aromatic nitrogens is 1. The largest absolute Gasteiger partial charge is 0.497 e.